The molecule has 2 heterocycles. The summed E-state index contributed by atoms with van der Waals surface area (Å²) in [4.78, 5) is 0. The topological polar surface area (TPSA) is 57.0 Å². The van der Waals surface area contributed by atoms with Crippen LogP contribution in [0, 0.1) is 13.8 Å². The molecule has 16 heavy (non-hydrogen) atoms. The Hall–Kier alpha value is -1.55. The Kier molecular flexibility index (Phi) is 2.83. The Morgan fingerprint density at radius 2 is 2.25 bits per heavy atom. The van der Waals surface area contributed by atoms with Crippen molar-refractivity contribution in [2.24, 2.45) is 12.8 Å². The summed E-state index contributed by atoms with van der Waals surface area (Å²) in [5.41, 5.74) is 9.38. The van der Waals surface area contributed by atoms with Crippen LogP contribution in [0.1, 0.15) is 28.8 Å². The highest BCUT2D eigenvalue weighted by Crippen LogP contribution is 2.20. The highest BCUT2D eigenvalue weighted by Gasteiger charge is 2.14. The minimum absolute atomic E-state index is 0.0338. The van der Waals surface area contributed by atoms with Crippen molar-refractivity contribution in [3.05, 3.63) is 41.1 Å². The molecule has 2 rings (SSSR count). The molecule has 1 unspecified atom stereocenters. The van der Waals surface area contributed by atoms with Gasteiger partial charge in [0.2, 0.25) is 0 Å². The third-order valence-corrected chi connectivity index (χ3v) is 2.83. The van der Waals surface area contributed by atoms with Crippen LogP contribution in [0.25, 0.3) is 0 Å². The maximum Gasteiger partial charge on any atom is 0.105 e. The van der Waals surface area contributed by atoms with Gasteiger partial charge in [-0.05, 0) is 26.0 Å². The van der Waals surface area contributed by atoms with Crippen LogP contribution in [0.3, 0.4) is 0 Å². The van der Waals surface area contributed by atoms with Crippen LogP contribution in [0.4, 0.5) is 0 Å². The van der Waals surface area contributed by atoms with Crippen molar-refractivity contribution in [2.75, 3.05) is 0 Å². The Balaban J connectivity index is 2.16. The van der Waals surface area contributed by atoms with E-state index in [1.165, 1.54) is 0 Å². The molecule has 0 aliphatic rings. The Morgan fingerprint density at radius 3 is 2.75 bits per heavy atom. The zero-order valence-electron chi connectivity index (χ0n) is 9.90. The van der Waals surface area contributed by atoms with Crippen molar-refractivity contribution in [2.45, 2.75) is 26.3 Å². The highest BCUT2D eigenvalue weighted by atomic mass is 16.3. The lowest BCUT2D eigenvalue weighted by Gasteiger charge is -2.10. The molecule has 1 atom stereocenters. The fourth-order valence-corrected chi connectivity index (χ4v) is 1.97. The van der Waals surface area contributed by atoms with Crippen LogP contribution in [-0.2, 0) is 13.5 Å². The number of rotatable bonds is 3. The lowest BCUT2D eigenvalue weighted by Crippen LogP contribution is -2.15. The lowest BCUT2D eigenvalue weighted by atomic mass is 10.0. The number of hydrogen-bond acceptors (Lipinski definition) is 3. The summed E-state index contributed by atoms with van der Waals surface area (Å²) >= 11 is 0. The molecule has 4 nitrogen and oxygen atoms in total. The van der Waals surface area contributed by atoms with Crippen LogP contribution >= 0.6 is 0 Å². The number of aryl methyl sites for hydroxylation is 3. The van der Waals surface area contributed by atoms with Gasteiger partial charge in [0.1, 0.15) is 5.76 Å². The Bertz CT molecular complexity index is 484. The fourth-order valence-electron chi connectivity index (χ4n) is 1.97. The third-order valence-electron chi connectivity index (χ3n) is 2.83. The monoisotopic (exact) mass is 219 g/mol. The van der Waals surface area contributed by atoms with Crippen molar-refractivity contribution in [1.29, 1.82) is 0 Å². The van der Waals surface area contributed by atoms with Crippen molar-refractivity contribution < 1.29 is 4.42 Å². The first-order valence-electron chi connectivity index (χ1n) is 5.37. The first kappa shape index (κ1) is 11.0. The summed E-state index contributed by atoms with van der Waals surface area (Å²) in [6, 6.07) is 3.96. The summed E-state index contributed by atoms with van der Waals surface area (Å²) in [6.07, 6.45) is 2.46. The van der Waals surface area contributed by atoms with E-state index in [0.717, 1.165) is 29.1 Å². The van der Waals surface area contributed by atoms with Crippen LogP contribution in [0.5, 0.6) is 0 Å². The molecule has 0 amide bonds. The molecule has 0 radical (unpaired) electrons. The first-order chi connectivity index (χ1) is 7.58. The second-order valence-corrected chi connectivity index (χ2v) is 4.14. The van der Waals surface area contributed by atoms with Gasteiger partial charge in [0.05, 0.1) is 12.0 Å². The number of furan rings is 1. The molecule has 0 aliphatic carbocycles. The van der Waals surface area contributed by atoms with Gasteiger partial charge in [-0.25, -0.2) is 0 Å². The zero-order chi connectivity index (χ0) is 11.7. The molecule has 0 spiro atoms. The van der Waals surface area contributed by atoms with E-state index in [-0.39, 0.29) is 6.04 Å². The number of nitrogens with zero attached hydrogens (tertiary/aromatic N) is 2. The van der Waals surface area contributed by atoms with E-state index in [1.807, 2.05) is 31.6 Å². The van der Waals surface area contributed by atoms with Crippen molar-refractivity contribution in [3.8, 4) is 0 Å². The van der Waals surface area contributed by atoms with Crippen LogP contribution < -0.4 is 5.73 Å². The molecule has 2 aromatic heterocycles. The van der Waals surface area contributed by atoms with Gasteiger partial charge < -0.3 is 10.2 Å². The van der Waals surface area contributed by atoms with E-state index < -0.39 is 0 Å². The summed E-state index contributed by atoms with van der Waals surface area (Å²) in [5.74, 6) is 0.895. The molecular weight excluding hydrogens is 202 g/mol. The van der Waals surface area contributed by atoms with Crippen LogP contribution in [0.2, 0.25) is 0 Å². The quantitative estimate of drug-likeness (QED) is 0.857. The molecule has 0 saturated heterocycles. The maximum atomic E-state index is 6.15. The smallest absolute Gasteiger partial charge is 0.105 e. The normalized spacial score (nSPS) is 13.0. The molecule has 2 aromatic rings. The van der Waals surface area contributed by atoms with Crippen molar-refractivity contribution >= 4 is 0 Å². The Labute approximate surface area is 95.1 Å². The predicted octanol–water partition coefficient (Wildman–Crippen LogP) is 1.87. The van der Waals surface area contributed by atoms with E-state index in [9.17, 15) is 0 Å². The molecule has 0 aromatic carbocycles. The maximum absolute atomic E-state index is 6.15. The standard InChI is InChI=1S/C12H17N3O/c1-8-6-10(15(3)14-8)7-12(13)11-4-5-16-9(11)2/h4-6,12H,7,13H2,1-3H3. The summed E-state index contributed by atoms with van der Waals surface area (Å²) < 4.78 is 7.14. The molecule has 86 valence electrons. The second kappa shape index (κ2) is 4.14. The Morgan fingerprint density at radius 1 is 1.50 bits per heavy atom. The van der Waals surface area contributed by atoms with E-state index in [0.29, 0.717) is 0 Å². The zero-order valence-corrected chi connectivity index (χ0v) is 9.90. The van der Waals surface area contributed by atoms with E-state index >= 15 is 0 Å². The first-order valence-corrected chi connectivity index (χ1v) is 5.37. The molecule has 0 aliphatic heterocycles. The van der Waals surface area contributed by atoms with Gasteiger partial charge >= 0.3 is 0 Å². The fraction of sp³-hybridized carbons (Fsp3) is 0.417. The molecular formula is C12H17N3O. The average Bonchev–Trinajstić information content (AvgIpc) is 2.74. The summed E-state index contributed by atoms with van der Waals surface area (Å²) in [7, 11) is 1.94. The third kappa shape index (κ3) is 2.02. The van der Waals surface area contributed by atoms with Gasteiger partial charge in [-0.1, -0.05) is 0 Å². The van der Waals surface area contributed by atoms with Gasteiger partial charge in [0.25, 0.3) is 0 Å². The molecule has 0 bridgehead atoms. The molecule has 0 fully saturated rings. The van der Waals surface area contributed by atoms with Crippen LogP contribution in [-0.4, -0.2) is 9.78 Å². The largest absolute Gasteiger partial charge is 0.469 e. The van der Waals surface area contributed by atoms with Gasteiger partial charge in [-0.2, -0.15) is 5.10 Å². The second-order valence-electron chi connectivity index (χ2n) is 4.14. The van der Waals surface area contributed by atoms with Crippen LogP contribution in [0.15, 0.2) is 22.8 Å². The molecule has 2 N–H and O–H groups in total. The predicted molar refractivity (Wildman–Crippen MR) is 62.0 cm³/mol. The SMILES string of the molecule is Cc1cc(CC(N)c2ccoc2C)n(C)n1. The molecule has 4 heteroatoms. The lowest BCUT2D eigenvalue weighted by molar-refractivity contribution is 0.522. The number of aromatic nitrogens is 2. The van der Waals surface area contributed by atoms with Gasteiger partial charge in [-0.3, -0.25) is 4.68 Å². The average molecular weight is 219 g/mol. The van der Waals surface area contributed by atoms with Crippen molar-refractivity contribution in [3.63, 3.8) is 0 Å². The van der Waals surface area contributed by atoms with Gasteiger partial charge in [0.15, 0.2) is 0 Å². The van der Waals surface area contributed by atoms with Gasteiger partial charge in [-0.15, -0.1) is 0 Å². The van der Waals surface area contributed by atoms with Crippen molar-refractivity contribution in [1.82, 2.24) is 9.78 Å². The summed E-state index contributed by atoms with van der Waals surface area (Å²) in [6.45, 7) is 3.92. The summed E-state index contributed by atoms with van der Waals surface area (Å²) in [5, 5.41) is 4.31. The molecule has 0 saturated carbocycles. The number of hydrogen-bond donors (Lipinski definition) is 1. The highest BCUT2D eigenvalue weighted by molar-refractivity contribution is 5.22. The van der Waals surface area contributed by atoms with Gasteiger partial charge in [0, 0.05) is 30.8 Å². The van der Waals surface area contributed by atoms with E-state index in [2.05, 4.69) is 11.2 Å². The minimum atomic E-state index is -0.0338. The van der Waals surface area contributed by atoms with E-state index in [1.54, 1.807) is 6.26 Å². The minimum Gasteiger partial charge on any atom is -0.469 e. The number of nitrogens with two attached hydrogens (primary N) is 1. The van der Waals surface area contributed by atoms with E-state index in [4.69, 9.17) is 10.2 Å².